The van der Waals surface area contributed by atoms with E-state index in [2.05, 4.69) is 15.2 Å². The first-order chi connectivity index (χ1) is 9.74. The molecule has 2 aromatic rings. The summed E-state index contributed by atoms with van der Waals surface area (Å²) in [4.78, 5) is 17.0. The fourth-order valence-electron chi connectivity index (χ4n) is 2.75. The SMILES string of the molecule is NC(=O)c1ccc2[nH]cc(CCN3CCNCC3)c2c1. The maximum atomic E-state index is 11.3. The second-order valence-corrected chi connectivity index (χ2v) is 5.28. The van der Waals surface area contributed by atoms with Gasteiger partial charge < -0.3 is 20.9 Å². The number of rotatable bonds is 4. The van der Waals surface area contributed by atoms with Crippen LogP contribution in [0.2, 0.25) is 0 Å². The van der Waals surface area contributed by atoms with E-state index in [0.29, 0.717) is 5.56 Å². The molecule has 0 atom stereocenters. The van der Waals surface area contributed by atoms with Gasteiger partial charge in [0.05, 0.1) is 0 Å². The number of aromatic nitrogens is 1. The molecular formula is C15H20N4O. The van der Waals surface area contributed by atoms with Crippen LogP contribution < -0.4 is 11.1 Å². The molecule has 1 aliphatic heterocycles. The molecule has 20 heavy (non-hydrogen) atoms. The number of fused-ring (bicyclic) bond motifs is 1. The zero-order chi connectivity index (χ0) is 13.9. The van der Waals surface area contributed by atoms with Gasteiger partial charge in [0.1, 0.15) is 0 Å². The number of primary amides is 1. The molecule has 1 fully saturated rings. The van der Waals surface area contributed by atoms with Gasteiger partial charge in [-0.3, -0.25) is 4.79 Å². The number of H-pyrrole nitrogens is 1. The van der Waals surface area contributed by atoms with E-state index in [1.807, 2.05) is 18.3 Å². The van der Waals surface area contributed by atoms with Gasteiger partial charge in [-0.15, -0.1) is 0 Å². The fourth-order valence-corrected chi connectivity index (χ4v) is 2.75. The maximum Gasteiger partial charge on any atom is 0.248 e. The Kier molecular flexibility index (Phi) is 3.71. The van der Waals surface area contributed by atoms with Gasteiger partial charge in [0, 0.05) is 55.4 Å². The van der Waals surface area contributed by atoms with Gasteiger partial charge in [-0.05, 0) is 30.2 Å². The molecule has 1 aliphatic rings. The zero-order valence-corrected chi connectivity index (χ0v) is 11.5. The van der Waals surface area contributed by atoms with Crippen molar-refractivity contribution in [1.29, 1.82) is 0 Å². The van der Waals surface area contributed by atoms with Crippen LogP contribution in [0.15, 0.2) is 24.4 Å². The second kappa shape index (κ2) is 5.64. The molecule has 0 unspecified atom stereocenters. The average molecular weight is 272 g/mol. The van der Waals surface area contributed by atoms with Crippen LogP contribution in [0.4, 0.5) is 0 Å². The first kappa shape index (κ1) is 13.1. The highest BCUT2D eigenvalue weighted by atomic mass is 16.1. The number of nitrogens with zero attached hydrogens (tertiary/aromatic N) is 1. The number of amides is 1. The number of aromatic amines is 1. The molecule has 3 rings (SSSR count). The normalized spacial score (nSPS) is 16.6. The molecule has 106 valence electrons. The number of carbonyl (C=O) groups excluding carboxylic acids is 1. The van der Waals surface area contributed by atoms with Crippen LogP contribution in [-0.4, -0.2) is 48.5 Å². The molecule has 0 aliphatic carbocycles. The van der Waals surface area contributed by atoms with Crippen LogP contribution in [0.5, 0.6) is 0 Å². The number of benzene rings is 1. The van der Waals surface area contributed by atoms with Gasteiger partial charge >= 0.3 is 0 Å². The summed E-state index contributed by atoms with van der Waals surface area (Å²) >= 11 is 0. The summed E-state index contributed by atoms with van der Waals surface area (Å²) in [7, 11) is 0. The lowest BCUT2D eigenvalue weighted by molar-refractivity contribution is 0.100. The highest BCUT2D eigenvalue weighted by molar-refractivity contribution is 5.97. The lowest BCUT2D eigenvalue weighted by Crippen LogP contribution is -2.44. The first-order valence-corrected chi connectivity index (χ1v) is 7.07. The standard InChI is InChI=1S/C15H20N4O/c16-15(20)11-1-2-14-13(9-11)12(10-18-14)3-6-19-7-4-17-5-8-19/h1-2,9-10,17-18H,3-8H2,(H2,16,20). The Bertz CT molecular complexity index is 613. The molecule has 0 saturated carbocycles. The third-order valence-corrected chi connectivity index (χ3v) is 3.96. The highest BCUT2D eigenvalue weighted by Crippen LogP contribution is 2.20. The minimum atomic E-state index is -0.374. The summed E-state index contributed by atoms with van der Waals surface area (Å²) in [6, 6.07) is 5.58. The second-order valence-electron chi connectivity index (χ2n) is 5.28. The third kappa shape index (κ3) is 2.69. The molecule has 0 spiro atoms. The van der Waals surface area contributed by atoms with Crippen molar-refractivity contribution in [3.63, 3.8) is 0 Å². The summed E-state index contributed by atoms with van der Waals surface area (Å²) in [6.07, 6.45) is 3.03. The van der Waals surface area contributed by atoms with Crippen molar-refractivity contribution in [2.45, 2.75) is 6.42 Å². The van der Waals surface area contributed by atoms with Crippen molar-refractivity contribution in [3.05, 3.63) is 35.5 Å². The van der Waals surface area contributed by atoms with E-state index in [-0.39, 0.29) is 5.91 Å². The molecule has 5 heteroatoms. The number of carbonyl (C=O) groups is 1. The Morgan fingerprint density at radius 2 is 2.10 bits per heavy atom. The predicted octanol–water partition coefficient (Wildman–Crippen LogP) is 0.715. The lowest BCUT2D eigenvalue weighted by atomic mass is 10.1. The summed E-state index contributed by atoms with van der Waals surface area (Å²) in [6.45, 7) is 5.40. The molecule has 0 bridgehead atoms. The van der Waals surface area contributed by atoms with Crippen LogP contribution in [0.1, 0.15) is 15.9 Å². The number of nitrogens with one attached hydrogen (secondary N) is 2. The van der Waals surface area contributed by atoms with Crippen LogP contribution in [0.3, 0.4) is 0 Å². The quantitative estimate of drug-likeness (QED) is 0.767. The van der Waals surface area contributed by atoms with E-state index in [1.54, 1.807) is 6.07 Å². The van der Waals surface area contributed by atoms with Crippen LogP contribution in [0.25, 0.3) is 10.9 Å². The summed E-state index contributed by atoms with van der Waals surface area (Å²) < 4.78 is 0. The van der Waals surface area contributed by atoms with Gasteiger partial charge in [-0.25, -0.2) is 0 Å². The van der Waals surface area contributed by atoms with E-state index in [9.17, 15) is 4.79 Å². The van der Waals surface area contributed by atoms with Crippen molar-refractivity contribution >= 4 is 16.8 Å². The van der Waals surface area contributed by atoms with Crippen molar-refractivity contribution in [2.24, 2.45) is 5.73 Å². The van der Waals surface area contributed by atoms with Gasteiger partial charge in [-0.1, -0.05) is 0 Å². The summed E-state index contributed by atoms with van der Waals surface area (Å²) in [5, 5.41) is 4.47. The number of nitrogens with two attached hydrogens (primary N) is 1. The van der Waals surface area contributed by atoms with Crippen molar-refractivity contribution in [2.75, 3.05) is 32.7 Å². The minimum Gasteiger partial charge on any atom is -0.366 e. The Labute approximate surface area is 118 Å². The molecule has 2 heterocycles. The molecule has 0 radical (unpaired) electrons. The van der Waals surface area contributed by atoms with Crippen LogP contribution in [-0.2, 0) is 6.42 Å². The number of hydrogen-bond acceptors (Lipinski definition) is 3. The Morgan fingerprint density at radius 1 is 1.30 bits per heavy atom. The van der Waals surface area contributed by atoms with E-state index in [4.69, 9.17) is 5.73 Å². The first-order valence-electron chi connectivity index (χ1n) is 7.07. The largest absolute Gasteiger partial charge is 0.366 e. The lowest BCUT2D eigenvalue weighted by Gasteiger charge is -2.26. The van der Waals surface area contributed by atoms with Crippen molar-refractivity contribution < 1.29 is 4.79 Å². The monoisotopic (exact) mass is 272 g/mol. The molecule has 1 amide bonds. The highest BCUT2D eigenvalue weighted by Gasteiger charge is 2.11. The Balaban J connectivity index is 1.76. The van der Waals surface area contributed by atoms with E-state index >= 15 is 0 Å². The molecule has 5 nitrogen and oxygen atoms in total. The summed E-state index contributed by atoms with van der Waals surface area (Å²) in [5.41, 5.74) is 8.23. The molecule has 1 aromatic heterocycles. The van der Waals surface area contributed by atoms with Gasteiger partial charge in [-0.2, -0.15) is 0 Å². The molecular weight excluding hydrogens is 252 g/mol. The van der Waals surface area contributed by atoms with Gasteiger partial charge in [0.2, 0.25) is 5.91 Å². The number of piperazine rings is 1. The van der Waals surface area contributed by atoms with E-state index < -0.39 is 0 Å². The van der Waals surface area contributed by atoms with E-state index in [1.165, 1.54) is 5.56 Å². The maximum absolute atomic E-state index is 11.3. The number of hydrogen-bond donors (Lipinski definition) is 3. The van der Waals surface area contributed by atoms with Crippen LogP contribution in [0, 0.1) is 0 Å². The van der Waals surface area contributed by atoms with Crippen molar-refractivity contribution in [1.82, 2.24) is 15.2 Å². The van der Waals surface area contributed by atoms with E-state index in [0.717, 1.165) is 50.0 Å². The average Bonchev–Trinajstić information content (AvgIpc) is 2.88. The molecule has 1 saturated heterocycles. The Hall–Kier alpha value is -1.85. The topological polar surface area (TPSA) is 74.2 Å². The van der Waals surface area contributed by atoms with Crippen molar-refractivity contribution in [3.8, 4) is 0 Å². The van der Waals surface area contributed by atoms with Crippen LogP contribution >= 0.6 is 0 Å². The van der Waals surface area contributed by atoms with Gasteiger partial charge in [0.25, 0.3) is 0 Å². The molecule has 1 aromatic carbocycles. The smallest absolute Gasteiger partial charge is 0.248 e. The third-order valence-electron chi connectivity index (χ3n) is 3.96. The fraction of sp³-hybridized carbons (Fsp3) is 0.400. The minimum absolute atomic E-state index is 0.374. The summed E-state index contributed by atoms with van der Waals surface area (Å²) in [5.74, 6) is -0.374. The molecule has 4 N–H and O–H groups in total. The zero-order valence-electron chi connectivity index (χ0n) is 11.5. The van der Waals surface area contributed by atoms with Gasteiger partial charge in [0.15, 0.2) is 0 Å². The predicted molar refractivity (Wildman–Crippen MR) is 79.8 cm³/mol. The Morgan fingerprint density at radius 3 is 2.85 bits per heavy atom.